The highest BCUT2D eigenvalue weighted by Crippen LogP contribution is 2.43. The van der Waals surface area contributed by atoms with Crippen LogP contribution < -0.4 is 14.4 Å². The first-order chi connectivity index (χ1) is 23.4. The lowest BCUT2D eigenvalue weighted by atomic mass is 9.92. The van der Waals surface area contributed by atoms with Gasteiger partial charge in [-0.1, -0.05) is 13.0 Å². The molecule has 3 fully saturated rings. The van der Waals surface area contributed by atoms with Crippen LogP contribution in [0.5, 0.6) is 11.9 Å². The number of nitrogens with one attached hydrogen (secondary N) is 1. The maximum atomic E-state index is 16.7. The number of aryl methyl sites for hydroxylation is 1. The van der Waals surface area contributed by atoms with Crippen LogP contribution in [-0.4, -0.2) is 89.7 Å². The quantitative estimate of drug-likeness (QED) is 0.226. The number of benzene rings is 2. The van der Waals surface area contributed by atoms with Crippen LogP contribution >= 0.6 is 0 Å². The molecule has 1 N–H and O–H groups in total. The molecule has 1 unspecified atom stereocenters. The Morgan fingerprint density at radius 2 is 1.92 bits per heavy atom. The molecule has 1 atom stereocenters. The van der Waals surface area contributed by atoms with Gasteiger partial charge in [-0.25, -0.2) is 18.2 Å². The number of rotatable bonds is 5. The third-order valence-corrected chi connectivity index (χ3v) is 9.53. The molecule has 13 heteroatoms. The molecule has 8 rings (SSSR count). The Hall–Kier alpha value is -4.49. The zero-order chi connectivity index (χ0) is 33.4. The number of hydrogen-bond acceptors (Lipinski definition) is 9. The van der Waals surface area contributed by atoms with E-state index < -0.39 is 5.82 Å². The Balaban J connectivity index is 0.000000310. The molecule has 0 radical (unpaired) electrons. The van der Waals surface area contributed by atoms with Crippen molar-refractivity contribution >= 4 is 38.4 Å². The molecule has 6 heterocycles. The number of aromatic nitrogens is 5. The summed E-state index contributed by atoms with van der Waals surface area (Å²) in [5.41, 5.74) is 2.53. The van der Waals surface area contributed by atoms with Gasteiger partial charge in [0.1, 0.15) is 28.2 Å². The average molecular weight is 662 g/mol. The lowest BCUT2D eigenvalue weighted by molar-refractivity contribution is 0.152. The van der Waals surface area contributed by atoms with Gasteiger partial charge in [0, 0.05) is 43.2 Å². The van der Waals surface area contributed by atoms with Gasteiger partial charge in [0.05, 0.1) is 38.9 Å². The Labute approximate surface area is 275 Å². The van der Waals surface area contributed by atoms with Crippen molar-refractivity contribution < 1.29 is 27.4 Å². The largest absolute Gasteiger partial charge is 0.480 e. The van der Waals surface area contributed by atoms with Crippen LogP contribution in [0.4, 0.5) is 19.0 Å². The van der Waals surface area contributed by atoms with E-state index in [1.54, 1.807) is 12.3 Å². The zero-order valence-electron chi connectivity index (χ0n) is 27.3. The molecule has 0 aliphatic carbocycles. The highest BCUT2D eigenvalue weighted by molar-refractivity contribution is 6.13. The van der Waals surface area contributed by atoms with E-state index in [-0.39, 0.29) is 28.9 Å². The van der Waals surface area contributed by atoms with E-state index in [2.05, 4.69) is 30.0 Å². The van der Waals surface area contributed by atoms with Crippen molar-refractivity contribution in [2.24, 2.45) is 0 Å². The van der Waals surface area contributed by atoms with Crippen LogP contribution in [0.15, 0.2) is 36.3 Å². The number of pyridine rings is 1. The van der Waals surface area contributed by atoms with Crippen LogP contribution in [0.3, 0.4) is 0 Å². The third kappa shape index (κ3) is 5.68. The molecular formula is C35H38F3N7O3. The van der Waals surface area contributed by atoms with E-state index in [0.29, 0.717) is 77.4 Å². The number of nitrogens with zero attached hydrogens (tertiary/aromatic N) is 6. The first kappa shape index (κ1) is 32.1. The van der Waals surface area contributed by atoms with E-state index in [0.717, 1.165) is 36.7 Å². The minimum atomic E-state index is -0.685. The summed E-state index contributed by atoms with van der Waals surface area (Å²) in [7, 11) is 2.90. The Kier molecular flexibility index (Phi) is 9.06. The molecule has 0 spiro atoms. The van der Waals surface area contributed by atoms with Gasteiger partial charge in [-0.05, 0) is 72.7 Å². The molecule has 48 heavy (non-hydrogen) atoms. The van der Waals surface area contributed by atoms with Gasteiger partial charge in [-0.2, -0.15) is 15.1 Å². The summed E-state index contributed by atoms with van der Waals surface area (Å²) in [6, 6.07) is 5.67. The van der Waals surface area contributed by atoms with E-state index >= 15 is 8.78 Å². The summed E-state index contributed by atoms with van der Waals surface area (Å²) in [6.07, 6.45) is 7.14. The lowest BCUT2D eigenvalue weighted by Gasteiger charge is -2.23. The second-order valence-electron chi connectivity index (χ2n) is 12.3. The van der Waals surface area contributed by atoms with Gasteiger partial charge in [-0.3, -0.25) is 10.00 Å². The van der Waals surface area contributed by atoms with Gasteiger partial charge < -0.3 is 19.1 Å². The maximum Gasteiger partial charge on any atom is 0.318 e. The van der Waals surface area contributed by atoms with Crippen LogP contribution in [0.2, 0.25) is 0 Å². The summed E-state index contributed by atoms with van der Waals surface area (Å²) in [5.74, 6) is -0.441. The molecule has 0 amide bonds. The highest BCUT2D eigenvalue weighted by Gasteiger charge is 2.32. The number of halogens is 3. The number of fused-ring (bicyclic) bond motifs is 4. The number of H-pyrrole nitrogens is 1. The zero-order valence-corrected chi connectivity index (χ0v) is 27.3. The SMILES string of the molecule is CCc1c(F)ccc2cc3[nH]ncc3c(-c3nc(OC)c4c(N5CCCOCC5)nc(OC)nc4c3F)c12.F/C=C1/CC2CCCN2C1. The molecule has 3 aromatic heterocycles. The number of methoxy groups -OCH3 is 2. The fourth-order valence-electron chi connectivity index (χ4n) is 7.28. The Morgan fingerprint density at radius 3 is 2.69 bits per heavy atom. The standard InChI is InChI=1S/C27H26F2N6O3.C8H12FN/c1-4-15-17(28)7-6-14-12-18-16(13-30-34-18)20(19(14)15)23-22(29)24-21(26(31-23)36-2)25(33-27(32-24)37-3)35-8-5-10-38-11-9-35;9-5-7-4-8-2-1-3-10(8)6-7/h6-7,12-13H,4-5,8-11H2,1-3H3,(H,30,34);5,8H,1-4,6H2/b;7-5-. The van der Waals surface area contributed by atoms with Crippen molar-refractivity contribution in [2.45, 2.75) is 45.1 Å². The van der Waals surface area contributed by atoms with Crippen molar-refractivity contribution in [1.82, 2.24) is 30.0 Å². The molecular weight excluding hydrogens is 623 g/mol. The fraction of sp³-hybridized carbons (Fsp3) is 0.429. The lowest BCUT2D eigenvalue weighted by Crippen LogP contribution is -2.27. The van der Waals surface area contributed by atoms with Gasteiger partial charge >= 0.3 is 6.01 Å². The summed E-state index contributed by atoms with van der Waals surface area (Å²) in [5, 5.41) is 9.37. The molecule has 3 aliphatic heterocycles. The van der Waals surface area contributed by atoms with E-state index in [1.807, 2.05) is 17.9 Å². The van der Waals surface area contributed by atoms with Crippen molar-refractivity contribution in [3.8, 4) is 23.1 Å². The fourth-order valence-corrected chi connectivity index (χ4v) is 7.28. The molecule has 252 valence electrons. The summed E-state index contributed by atoms with van der Waals surface area (Å²) in [6.45, 7) is 6.27. The smallest absolute Gasteiger partial charge is 0.318 e. The maximum absolute atomic E-state index is 16.7. The Bertz CT molecular complexity index is 2000. The van der Waals surface area contributed by atoms with Crippen molar-refractivity contribution in [2.75, 3.05) is 58.5 Å². The highest BCUT2D eigenvalue weighted by atomic mass is 19.1. The summed E-state index contributed by atoms with van der Waals surface area (Å²) in [4.78, 5) is 18.0. The predicted octanol–water partition coefficient (Wildman–Crippen LogP) is 6.51. The van der Waals surface area contributed by atoms with Crippen LogP contribution in [0, 0.1) is 11.6 Å². The molecule has 0 saturated carbocycles. The summed E-state index contributed by atoms with van der Waals surface area (Å²) < 4.78 is 60.4. The second kappa shape index (κ2) is 13.6. The topological polar surface area (TPSA) is 102 Å². The average Bonchev–Trinajstić information content (AvgIpc) is 3.80. The van der Waals surface area contributed by atoms with E-state index in [1.165, 1.54) is 39.7 Å². The van der Waals surface area contributed by atoms with Crippen LogP contribution in [-0.2, 0) is 11.2 Å². The number of aromatic amines is 1. The van der Waals surface area contributed by atoms with Gasteiger partial charge in [0.15, 0.2) is 5.82 Å². The first-order valence-corrected chi connectivity index (χ1v) is 16.4. The van der Waals surface area contributed by atoms with Crippen LogP contribution in [0.1, 0.15) is 38.2 Å². The predicted molar refractivity (Wildman–Crippen MR) is 178 cm³/mol. The van der Waals surface area contributed by atoms with Crippen molar-refractivity contribution in [3.63, 3.8) is 0 Å². The molecule has 3 aliphatic rings. The molecule has 3 saturated heterocycles. The minimum absolute atomic E-state index is 0.00182. The monoisotopic (exact) mass is 661 g/mol. The van der Waals surface area contributed by atoms with Gasteiger partial charge in [0.25, 0.3) is 0 Å². The number of ether oxygens (including phenoxy) is 3. The van der Waals surface area contributed by atoms with E-state index in [9.17, 15) is 4.39 Å². The Morgan fingerprint density at radius 1 is 1.04 bits per heavy atom. The summed E-state index contributed by atoms with van der Waals surface area (Å²) >= 11 is 0. The molecule has 2 aromatic carbocycles. The minimum Gasteiger partial charge on any atom is -0.480 e. The first-order valence-electron chi connectivity index (χ1n) is 16.4. The molecule has 0 bridgehead atoms. The third-order valence-electron chi connectivity index (χ3n) is 9.53. The number of anilines is 1. The van der Waals surface area contributed by atoms with E-state index in [4.69, 9.17) is 14.2 Å². The second-order valence-corrected chi connectivity index (χ2v) is 12.3. The van der Waals surface area contributed by atoms with Crippen molar-refractivity contribution in [1.29, 1.82) is 0 Å². The molecule has 10 nitrogen and oxygen atoms in total. The van der Waals surface area contributed by atoms with Gasteiger partial charge in [-0.15, -0.1) is 0 Å². The normalized spacial score (nSPS) is 19.2. The number of hydrogen-bond donors (Lipinski definition) is 1. The van der Waals surface area contributed by atoms with Crippen LogP contribution in [0.25, 0.3) is 43.8 Å². The van der Waals surface area contributed by atoms with Crippen molar-refractivity contribution in [3.05, 3.63) is 53.5 Å². The van der Waals surface area contributed by atoms with Gasteiger partial charge in [0.2, 0.25) is 5.88 Å². The molecule has 5 aromatic rings.